The van der Waals surface area contributed by atoms with Crippen molar-refractivity contribution in [1.29, 1.82) is 0 Å². The number of amides is 1. The van der Waals surface area contributed by atoms with Crippen molar-refractivity contribution in [2.24, 2.45) is 0 Å². The maximum Gasteiger partial charge on any atom is 0.305 e. The van der Waals surface area contributed by atoms with E-state index in [9.17, 15) is 4.79 Å². The molecule has 0 saturated heterocycles. The fraction of sp³-hybridized carbons (Fsp3) is 0.294. The molecule has 1 amide bonds. The van der Waals surface area contributed by atoms with Gasteiger partial charge in [-0.25, -0.2) is 0 Å². The van der Waals surface area contributed by atoms with Gasteiger partial charge in [-0.2, -0.15) is 0 Å². The molecule has 8 heteroatoms. The van der Waals surface area contributed by atoms with Gasteiger partial charge in [0.15, 0.2) is 10.9 Å². The van der Waals surface area contributed by atoms with Crippen LogP contribution in [0.2, 0.25) is 0 Å². The molecule has 6 nitrogen and oxygen atoms in total. The zero-order valence-corrected chi connectivity index (χ0v) is 16.4. The number of carbonyl (C=O) groups is 1. The number of ether oxygens (including phenoxy) is 1. The van der Waals surface area contributed by atoms with Crippen molar-refractivity contribution < 1.29 is 13.9 Å². The van der Waals surface area contributed by atoms with Gasteiger partial charge in [-0.1, -0.05) is 22.9 Å². The highest BCUT2D eigenvalue weighted by Gasteiger charge is 2.12. The molecule has 25 heavy (non-hydrogen) atoms. The predicted molar refractivity (Wildman–Crippen MR) is 103 cm³/mol. The molecule has 2 aromatic rings. The molecular weight excluding hydrogens is 406 g/mol. The number of nitrogens with one attached hydrogen (secondary N) is 3. The average molecular weight is 426 g/mol. The number of furan rings is 1. The molecule has 1 heterocycles. The highest BCUT2D eigenvalue weighted by atomic mass is 79.9. The zero-order chi connectivity index (χ0) is 18.2. The normalized spacial score (nSPS) is 11.5. The highest BCUT2D eigenvalue weighted by molar-refractivity contribution is 9.10. The number of carbonyl (C=O) groups excluding carboxylic acids is 1. The Labute approximate surface area is 160 Å². The van der Waals surface area contributed by atoms with Gasteiger partial charge in [-0.3, -0.25) is 15.6 Å². The molecule has 0 fully saturated rings. The largest absolute Gasteiger partial charge is 0.486 e. The molecule has 0 spiro atoms. The number of thiocarbonyl (C=S) groups is 1. The van der Waals surface area contributed by atoms with Crippen LogP contribution in [0.5, 0.6) is 5.75 Å². The summed E-state index contributed by atoms with van der Waals surface area (Å²) in [6.45, 7) is 4.27. The van der Waals surface area contributed by atoms with Crippen molar-refractivity contribution in [1.82, 2.24) is 16.2 Å². The summed E-state index contributed by atoms with van der Waals surface area (Å²) in [7, 11) is 0. The quantitative estimate of drug-likeness (QED) is 0.485. The molecule has 0 radical (unpaired) electrons. The van der Waals surface area contributed by atoms with E-state index in [1.807, 2.05) is 38.1 Å². The summed E-state index contributed by atoms with van der Waals surface area (Å²) >= 11 is 8.45. The first-order valence-corrected chi connectivity index (χ1v) is 9.02. The molecule has 3 N–H and O–H groups in total. The number of hydrogen-bond donors (Lipinski definition) is 3. The van der Waals surface area contributed by atoms with Gasteiger partial charge in [0.05, 0.1) is 0 Å². The third kappa shape index (κ3) is 6.39. The summed E-state index contributed by atoms with van der Waals surface area (Å²) in [5.74, 6) is 1.03. The molecule has 134 valence electrons. The number of hydrogen-bond acceptors (Lipinski definition) is 4. The van der Waals surface area contributed by atoms with Crippen LogP contribution < -0.4 is 20.9 Å². The van der Waals surface area contributed by atoms with Gasteiger partial charge in [0.1, 0.15) is 18.1 Å². The average Bonchev–Trinajstić information content (AvgIpc) is 3.08. The molecule has 1 atom stereocenters. The minimum Gasteiger partial charge on any atom is -0.486 e. The lowest BCUT2D eigenvalue weighted by atomic mass is 10.3. The molecule has 0 aliphatic carbocycles. The van der Waals surface area contributed by atoms with Crippen molar-refractivity contribution >= 4 is 39.2 Å². The predicted octanol–water partition coefficient (Wildman–Crippen LogP) is 3.53. The van der Waals surface area contributed by atoms with Crippen LogP contribution in [0.15, 0.2) is 45.3 Å². The zero-order valence-electron chi connectivity index (χ0n) is 14.0. The van der Waals surface area contributed by atoms with Crippen LogP contribution in [-0.4, -0.2) is 17.1 Å². The second-order valence-electron chi connectivity index (χ2n) is 5.37. The molecular formula is C17H20BrN3O3S. The lowest BCUT2D eigenvalue weighted by molar-refractivity contribution is 0.0911. The fourth-order valence-corrected chi connectivity index (χ4v) is 2.32. The van der Waals surface area contributed by atoms with Crippen molar-refractivity contribution in [3.05, 3.63) is 52.4 Å². The minimum absolute atomic E-state index is 0.174. The summed E-state index contributed by atoms with van der Waals surface area (Å²) in [6.07, 6.45) is 0.926. The lowest BCUT2D eigenvalue weighted by Crippen LogP contribution is -2.48. The molecule has 0 aliphatic rings. The van der Waals surface area contributed by atoms with Crippen LogP contribution in [0.3, 0.4) is 0 Å². The van der Waals surface area contributed by atoms with E-state index in [0.29, 0.717) is 16.6 Å². The first-order valence-electron chi connectivity index (χ1n) is 7.82. The van der Waals surface area contributed by atoms with Crippen LogP contribution in [0, 0.1) is 0 Å². The van der Waals surface area contributed by atoms with Gasteiger partial charge in [0.25, 0.3) is 0 Å². The van der Waals surface area contributed by atoms with E-state index in [0.717, 1.165) is 10.9 Å². The Hall–Kier alpha value is -2.06. The Morgan fingerprint density at radius 1 is 1.24 bits per heavy atom. The highest BCUT2D eigenvalue weighted by Crippen LogP contribution is 2.18. The van der Waals surface area contributed by atoms with Crippen LogP contribution in [0.1, 0.15) is 36.6 Å². The fourth-order valence-electron chi connectivity index (χ4n) is 1.80. The van der Waals surface area contributed by atoms with Crippen molar-refractivity contribution in [3.8, 4) is 5.75 Å². The first kappa shape index (κ1) is 19.3. The number of halogens is 1. The van der Waals surface area contributed by atoms with E-state index in [2.05, 4.69) is 32.1 Å². The van der Waals surface area contributed by atoms with Gasteiger partial charge in [0, 0.05) is 10.5 Å². The van der Waals surface area contributed by atoms with Gasteiger partial charge in [-0.05, 0) is 62.0 Å². The topological polar surface area (TPSA) is 75.5 Å². The summed E-state index contributed by atoms with van der Waals surface area (Å²) < 4.78 is 12.1. The van der Waals surface area contributed by atoms with E-state index in [4.69, 9.17) is 21.4 Å². The molecule has 1 aromatic carbocycles. The Balaban J connectivity index is 1.80. The Bertz CT molecular complexity index is 718. The van der Waals surface area contributed by atoms with Crippen molar-refractivity contribution in [2.75, 3.05) is 0 Å². The summed E-state index contributed by atoms with van der Waals surface area (Å²) in [4.78, 5) is 12.0. The van der Waals surface area contributed by atoms with E-state index in [1.54, 1.807) is 12.1 Å². The molecule has 2 rings (SSSR count). The summed E-state index contributed by atoms with van der Waals surface area (Å²) in [5.41, 5.74) is 5.13. The Morgan fingerprint density at radius 2 is 1.96 bits per heavy atom. The minimum atomic E-state index is -0.414. The third-order valence-electron chi connectivity index (χ3n) is 3.36. The number of rotatable bonds is 6. The standard InChI is InChI=1S/C17H20BrN3O3S/c1-3-11(2)19-17(25)21-20-16(22)15-9-8-14(24-15)10-23-13-6-4-12(18)5-7-13/h4-9,11H,3,10H2,1-2H3,(H,20,22)(H2,19,21,25)/t11-/m0/s1. The van der Waals surface area contributed by atoms with E-state index >= 15 is 0 Å². The van der Waals surface area contributed by atoms with E-state index < -0.39 is 5.91 Å². The van der Waals surface area contributed by atoms with Gasteiger partial charge >= 0.3 is 5.91 Å². The number of benzene rings is 1. The van der Waals surface area contributed by atoms with E-state index in [-0.39, 0.29) is 18.4 Å². The smallest absolute Gasteiger partial charge is 0.305 e. The Kier molecular flexibility index (Phi) is 7.27. The third-order valence-corrected chi connectivity index (χ3v) is 4.11. The number of hydrazine groups is 1. The van der Waals surface area contributed by atoms with Crippen LogP contribution in [-0.2, 0) is 6.61 Å². The van der Waals surface area contributed by atoms with Crippen LogP contribution >= 0.6 is 28.1 Å². The molecule has 0 bridgehead atoms. The Morgan fingerprint density at radius 3 is 2.64 bits per heavy atom. The van der Waals surface area contributed by atoms with Gasteiger partial charge < -0.3 is 14.5 Å². The first-order chi connectivity index (χ1) is 12.0. The molecule has 1 aromatic heterocycles. The van der Waals surface area contributed by atoms with Gasteiger partial charge in [0.2, 0.25) is 0 Å². The van der Waals surface area contributed by atoms with Gasteiger partial charge in [-0.15, -0.1) is 0 Å². The van der Waals surface area contributed by atoms with Crippen LogP contribution in [0.4, 0.5) is 0 Å². The maximum absolute atomic E-state index is 12.0. The summed E-state index contributed by atoms with van der Waals surface area (Å²) in [6, 6.07) is 11.0. The van der Waals surface area contributed by atoms with Crippen molar-refractivity contribution in [3.63, 3.8) is 0 Å². The SMILES string of the molecule is CC[C@H](C)NC(=S)NNC(=O)c1ccc(COc2ccc(Br)cc2)o1. The molecule has 0 aliphatic heterocycles. The monoisotopic (exact) mass is 425 g/mol. The van der Waals surface area contributed by atoms with Crippen LogP contribution in [0.25, 0.3) is 0 Å². The van der Waals surface area contributed by atoms with E-state index in [1.165, 1.54) is 0 Å². The summed E-state index contributed by atoms with van der Waals surface area (Å²) in [5, 5.41) is 3.39. The second-order valence-corrected chi connectivity index (χ2v) is 6.69. The second kappa shape index (κ2) is 9.43. The molecule has 0 unspecified atom stereocenters. The lowest BCUT2D eigenvalue weighted by Gasteiger charge is -2.15. The molecule has 0 saturated carbocycles. The van der Waals surface area contributed by atoms with Crippen molar-refractivity contribution in [2.45, 2.75) is 32.9 Å². The maximum atomic E-state index is 12.0.